The number of aryl methyl sites for hydroxylation is 2. The van der Waals surface area contributed by atoms with E-state index in [4.69, 9.17) is 9.47 Å². The summed E-state index contributed by atoms with van der Waals surface area (Å²) in [6.45, 7) is 8.75. The minimum Gasteiger partial charge on any atom is -0.462 e. The van der Waals surface area contributed by atoms with Crippen LogP contribution in [0.25, 0.3) is 0 Å². The van der Waals surface area contributed by atoms with Crippen LogP contribution in [0.4, 0.5) is 0 Å². The Morgan fingerprint density at radius 2 is 1.04 bits per heavy atom. The maximum absolute atomic E-state index is 11.4. The fourth-order valence-corrected chi connectivity index (χ4v) is 2.15. The van der Waals surface area contributed by atoms with Crippen molar-refractivity contribution in [3.8, 4) is 0 Å². The summed E-state index contributed by atoms with van der Waals surface area (Å²) >= 11 is 0. The SMILES string of the molecule is CCCOC(=O)c1ccccc1C.CCCOC(=O)c1ccccc1C. The van der Waals surface area contributed by atoms with Crippen molar-refractivity contribution in [3.05, 3.63) is 70.8 Å². The topological polar surface area (TPSA) is 52.6 Å². The third kappa shape index (κ3) is 7.09. The highest BCUT2D eigenvalue weighted by molar-refractivity contribution is 5.91. The van der Waals surface area contributed by atoms with E-state index < -0.39 is 0 Å². The Hall–Kier alpha value is -2.62. The summed E-state index contributed by atoms with van der Waals surface area (Å²) in [5, 5.41) is 0. The zero-order chi connectivity index (χ0) is 19.4. The molecule has 2 aromatic carbocycles. The largest absolute Gasteiger partial charge is 0.462 e. The van der Waals surface area contributed by atoms with Gasteiger partial charge >= 0.3 is 11.9 Å². The first kappa shape index (κ1) is 21.4. The average molecular weight is 356 g/mol. The van der Waals surface area contributed by atoms with Gasteiger partial charge in [-0.2, -0.15) is 0 Å². The van der Waals surface area contributed by atoms with E-state index in [1.807, 2.05) is 64.1 Å². The molecule has 0 radical (unpaired) electrons. The molecular weight excluding hydrogens is 328 g/mol. The van der Waals surface area contributed by atoms with Crippen molar-refractivity contribution in [2.24, 2.45) is 0 Å². The van der Waals surface area contributed by atoms with E-state index >= 15 is 0 Å². The average Bonchev–Trinajstić information content (AvgIpc) is 2.65. The van der Waals surface area contributed by atoms with Gasteiger partial charge in [-0.05, 0) is 49.9 Å². The highest BCUT2D eigenvalue weighted by atomic mass is 16.5. The zero-order valence-electron chi connectivity index (χ0n) is 16.1. The van der Waals surface area contributed by atoms with E-state index in [9.17, 15) is 9.59 Å². The maximum atomic E-state index is 11.4. The van der Waals surface area contributed by atoms with Gasteiger partial charge in [0.05, 0.1) is 24.3 Å². The summed E-state index contributed by atoms with van der Waals surface area (Å²) in [5.74, 6) is -0.445. The van der Waals surface area contributed by atoms with Gasteiger partial charge in [0.2, 0.25) is 0 Å². The van der Waals surface area contributed by atoms with E-state index in [2.05, 4.69) is 0 Å². The van der Waals surface area contributed by atoms with Gasteiger partial charge in [0.1, 0.15) is 0 Å². The Morgan fingerprint density at radius 1 is 0.692 bits per heavy atom. The second kappa shape index (κ2) is 11.9. The zero-order valence-corrected chi connectivity index (χ0v) is 16.1. The summed E-state index contributed by atoms with van der Waals surface area (Å²) in [6, 6.07) is 14.9. The van der Waals surface area contributed by atoms with Crippen molar-refractivity contribution >= 4 is 11.9 Å². The van der Waals surface area contributed by atoms with Gasteiger partial charge in [-0.15, -0.1) is 0 Å². The van der Waals surface area contributed by atoms with Crippen LogP contribution in [0.15, 0.2) is 48.5 Å². The lowest BCUT2D eigenvalue weighted by Gasteiger charge is -2.04. The molecule has 2 rings (SSSR count). The first-order chi connectivity index (χ1) is 12.5. The Kier molecular flexibility index (Phi) is 9.77. The highest BCUT2D eigenvalue weighted by Crippen LogP contribution is 2.09. The molecule has 0 aliphatic rings. The van der Waals surface area contributed by atoms with Crippen LogP contribution >= 0.6 is 0 Å². The number of hydrogen-bond donors (Lipinski definition) is 0. The molecule has 140 valence electrons. The first-order valence-corrected chi connectivity index (χ1v) is 8.96. The number of ether oxygens (including phenoxy) is 2. The Morgan fingerprint density at radius 3 is 1.35 bits per heavy atom. The molecule has 26 heavy (non-hydrogen) atoms. The van der Waals surface area contributed by atoms with Crippen LogP contribution in [0.5, 0.6) is 0 Å². The molecule has 0 amide bonds. The molecule has 0 aliphatic carbocycles. The molecule has 4 heteroatoms. The van der Waals surface area contributed by atoms with Crippen molar-refractivity contribution in [3.63, 3.8) is 0 Å². The van der Waals surface area contributed by atoms with E-state index in [-0.39, 0.29) is 11.9 Å². The van der Waals surface area contributed by atoms with Crippen molar-refractivity contribution in [2.75, 3.05) is 13.2 Å². The summed E-state index contributed by atoms with van der Waals surface area (Å²) in [5.41, 5.74) is 3.25. The second-order valence-electron chi connectivity index (χ2n) is 5.90. The van der Waals surface area contributed by atoms with Crippen molar-refractivity contribution in [1.29, 1.82) is 0 Å². The van der Waals surface area contributed by atoms with Crippen LogP contribution in [0.2, 0.25) is 0 Å². The van der Waals surface area contributed by atoms with Crippen LogP contribution < -0.4 is 0 Å². The Labute approximate surface area is 156 Å². The fourth-order valence-electron chi connectivity index (χ4n) is 2.15. The van der Waals surface area contributed by atoms with Gasteiger partial charge in [-0.3, -0.25) is 0 Å². The standard InChI is InChI=1S/2C11H14O2/c2*1-3-8-13-11(12)10-7-5-4-6-9(10)2/h2*4-7H,3,8H2,1-2H3. The van der Waals surface area contributed by atoms with Crippen LogP contribution in [-0.4, -0.2) is 25.2 Å². The number of esters is 2. The molecule has 0 heterocycles. The molecule has 0 N–H and O–H groups in total. The van der Waals surface area contributed by atoms with Gasteiger partial charge < -0.3 is 9.47 Å². The molecule has 0 atom stereocenters. The van der Waals surface area contributed by atoms with Crippen molar-refractivity contribution in [2.45, 2.75) is 40.5 Å². The smallest absolute Gasteiger partial charge is 0.338 e. The molecule has 2 aromatic rings. The summed E-state index contributed by atoms with van der Waals surface area (Å²) in [7, 11) is 0. The summed E-state index contributed by atoms with van der Waals surface area (Å²) in [4.78, 5) is 22.8. The third-order valence-corrected chi connectivity index (χ3v) is 3.60. The molecule has 0 fully saturated rings. The van der Waals surface area contributed by atoms with E-state index in [0.29, 0.717) is 24.3 Å². The van der Waals surface area contributed by atoms with Crippen LogP contribution in [0, 0.1) is 13.8 Å². The minimum absolute atomic E-state index is 0.222. The lowest BCUT2D eigenvalue weighted by molar-refractivity contribution is 0.0495. The van der Waals surface area contributed by atoms with Gasteiger partial charge in [-0.25, -0.2) is 9.59 Å². The van der Waals surface area contributed by atoms with Crippen molar-refractivity contribution in [1.82, 2.24) is 0 Å². The molecule has 0 aromatic heterocycles. The van der Waals surface area contributed by atoms with Crippen LogP contribution in [-0.2, 0) is 9.47 Å². The van der Waals surface area contributed by atoms with Gasteiger partial charge in [0, 0.05) is 0 Å². The minimum atomic E-state index is -0.222. The van der Waals surface area contributed by atoms with E-state index in [1.54, 1.807) is 12.1 Å². The first-order valence-electron chi connectivity index (χ1n) is 8.96. The molecule has 4 nitrogen and oxygen atoms in total. The molecule has 0 aliphatic heterocycles. The Bertz CT molecular complexity index is 645. The fraction of sp³-hybridized carbons (Fsp3) is 0.364. The molecule has 0 saturated carbocycles. The third-order valence-electron chi connectivity index (χ3n) is 3.60. The number of benzene rings is 2. The monoisotopic (exact) mass is 356 g/mol. The van der Waals surface area contributed by atoms with Gasteiger partial charge in [-0.1, -0.05) is 50.2 Å². The van der Waals surface area contributed by atoms with E-state index in [1.165, 1.54) is 0 Å². The lowest BCUT2D eigenvalue weighted by atomic mass is 10.1. The number of rotatable bonds is 6. The molecule has 0 unspecified atom stereocenters. The normalized spacial score (nSPS) is 9.69. The second-order valence-corrected chi connectivity index (χ2v) is 5.90. The summed E-state index contributed by atoms with van der Waals surface area (Å²) < 4.78 is 10.0. The number of hydrogen-bond acceptors (Lipinski definition) is 4. The highest BCUT2D eigenvalue weighted by Gasteiger charge is 2.08. The maximum Gasteiger partial charge on any atom is 0.338 e. The van der Waals surface area contributed by atoms with E-state index in [0.717, 1.165) is 24.0 Å². The quantitative estimate of drug-likeness (QED) is 0.674. The van der Waals surface area contributed by atoms with Crippen LogP contribution in [0.1, 0.15) is 58.5 Å². The Balaban J connectivity index is 0.000000260. The molecular formula is C22H28O4. The number of carbonyl (C=O) groups is 2. The molecule has 0 bridgehead atoms. The van der Waals surface area contributed by atoms with Crippen molar-refractivity contribution < 1.29 is 19.1 Å². The van der Waals surface area contributed by atoms with Gasteiger partial charge in [0.25, 0.3) is 0 Å². The predicted octanol–water partition coefficient (Wildman–Crippen LogP) is 5.12. The number of carbonyl (C=O) groups excluding carboxylic acids is 2. The predicted molar refractivity (Wildman–Crippen MR) is 104 cm³/mol. The van der Waals surface area contributed by atoms with Gasteiger partial charge in [0.15, 0.2) is 0 Å². The summed E-state index contributed by atoms with van der Waals surface area (Å²) in [6.07, 6.45) is 1.72. The van der Waals surface area contributed by atoms with Crippen LogP contribution in [0.3, 0.4) is 0 Å². The molecule has 0 saturated heterocycles. The lowest BCUT2D eigenvalue weighted by Crippen LogP contribution is -2.07. The molecule has 0 spiro atoms.